The van der Waals surface area contributed by atoms with Crippen molar-refractivity contribution in [1.82, 2.24) is 4.90 Å². The predicted molar refractivity (Wildman–Crippen MR) is 153 cm³/mol. The summed E-state index contributed by atoms with van der Waals surface area (Å²) in [5, 5.41) is 10.9. The molecule has 2 atom stereocenters. The van der Waals surface area contributed by atoms with Crippen LogP contribution in [-0.4, -0.2) is 21.7 Å². The van der Waals surface area contributed by atoms with Gasteiger partial charge in [0.05, 0.1) is 33.3 Å². The Morgan fingerprint density at radius 2 is 1.89 bits per heavy atom. The van der Waals surface area contributed by atoms with E-state index in [0.717, 1.165) is 18.6 Å². The summed E-state index contributed by atoms with van der Waals surface area (Å²) < 4.78 is 11.5. The molecule has 196 valence electrons. The van der Waals surface area contributed by atoms with Crippen molar-refractivity contribution in [2.24, 2.45) is 27.0 Å². The normalized spacial score (nSPS) is 27.5. The van der Waals surface area contributed by atoms with E-state index in [9.17, 15) is 4.79 Å². The molecule has 3 aliphatic rings. The van der Waals surface area contributed by atoms with Gasteiger partial charge in [0.15, 0.2) is 5.17 Å². The first-order valence-corrected chi connectivity index (χ1v) is 14.2. The number of benzene rings is 1. The second-order valence-corrected chi connectivity index (χ2v) is 12.6. The summed E-state index contributed by atoms with van der Waals surface area (Å²) >= 11 is 14.0. The van der Waals surface area contributed by atoms with Crippen LogP contribution in [0.3, 0.4) is 0 Å². The Morgan fingerprint density at radius 1 is 1.11 bits per heavy atom. The molecular formula is C29H27Cl2N3O3S. The molecule has 1 amide bonds. The van der Waals surface area contributed by atoms with Gasteiger partial charge in [-0.25, -0.2) is 0 Å². The Kier molecular flexibility index (Phi) is 6.36. The van der Waals surface area contributed by atoms with Crippen molar-refractivity contribution in [2.75, 3.05) is 0 Å². The average molecular weight is 569 g/mol. The lowest BCUT2D eigenvalue weighted by Gasteiger charge is -2.34. The number of carbonyl (C=O) groups excluding carboxylic acids is 1. The van der Waals surface area contributed by atoms with Crippen LogP contribution in [-0.2, 0) is 11.3 Å². The van der Waals surface area contributed by atoms with Crippen LogP contribution in [0.2, 0.25) is 10.0 Å². The van der Waals surface area contributed by atoms with E-state index in [-0.39, 0.29) is 23.3 Å². The minimum absolute atomic E-state index is 0.0318. The molecular weight excluding hydrogens is 541 g/mol. The lowest BCUT2D eigenvalue weighted by atomic mass is 9.70. The van der Waals surface area contributed by atoms with Gasteiger partial charge in [-0.2, -0.15) is 5.10 Å². The summed E-state index contributed by atoms with van der Waals surface area (Å²) in [6, 6.07) is 12.5. The second-order valence-electron chi connectivity index (χ2n) is 10.8. The van der Waals surface area contributed by atoms with Crippen LogP contribution in [0.4, 0.5) is 0 Å². The van der Waals surface area contributed by atoms with Crippen molar-refractivity contribution in [3.63, 3.8) is 0 Å². The Morgan fingerprint density at radius 3 is 2.55 bits per heavy atom. The van der Waals surface area contributed by atoms with Gasteiger partial charge in [-0.3, -0.25) is 9.69 Å². The van der Waals surface area contributed by atoms with Gasteiger partial charge in [-0.15, -0.1) is 5.10 Å². The Balaban J connectivity index is 1.32. The lowest BCUT2D eigenvalue weighted by molar-refractivity contribution is -0.122. The van der Waals surface area contributed by atoms with E-state index in [0.29, 0.717) is 48.9 Å². The number of halogens is 2. The van der Waals surface area contributed by atoms with Crippen LogP contribution < -0.4 is 0 Å². The molecule has 0 spiro atoms. The molecule has 0 N–H and O–H groups in total. The van der Waals surface area contributed by atoms with Crippen molar-refractivity contribution < 1.29 is 13.6 Å². The van der Waals surface area contributed by atoms with Gasteiger partial charge in [0.2, 0.25) is 0 Å². The van der Waals surface area contributed by atoms with E-state index in [1.165, 1.54) is 18.2 Å². The van der Waals surface area contributed by atoms with E-state index in [1.54, 1.807) is 53.6 Å². The molecule has 3 aromatic rings. The monoisotopic (exact) mass is 567 g/mol. The third-order valence-corrected chi connectivity index (χ3v) is 10.3. The fourth-order valence-electron chi connectivity index (χ4n) is 5.89. The zero-order valence-corrected chi connectivity index (χ0v) is 23.7. The Hall–Kier alpha value is -2.74. The maximum absolute atomic E-state index is 13.5. The van der Waals surface area contributed by atoms with Crippen LogP contribution in [0.1, 0.15) is 51.6 Å². The molecule has 1 saturated heterocycles. The maximum atomic E-state index is 13.5. The minimum Gasteiger partial charge on any atom is -0.467 e. The van der Waals surface area contributed by atoms with E-state index < -0.39 is 0 Å². The summed E-state index contributed by atoms with van der Waals surface area (Å²) in [5.41, 5.74) is 1.97. The molecule has 6 rings (SSSR count). The molecule has 3 heterocycles. The molecule has 3 fully saturated rings. The number of furan rings is 2. The zero-order chi connectivity index (χ0) is 26.7. The second kappa shape index (κ2) is 9.47. The zero-order valence-electron chi connectivity index (χ0n) is 21.3. The Labute approximate surface area is 235 Å². The van der Waals surface area contributed by atoms with Crippen LogP contribution in [0.15, 0.2) is 72.7 Å². The third-order valence-electron chi connectivity index (χ3n) is 8.66. The van der Waals surface area contributed by atoms with E-state index in [2.05, 4.69) is 25.9 Å². The van der Waals surface area contributed by atoms with Crippen molar-refractivity contribution in [1.29, 1.82) is 0 Å². The maximum Gasteiger partial charge on any atom is 0.267 e. The van der Waals surface area contributed by atoms with Crippen molar-refractivity contribution >= 4 is 57.8 Å². The van der Waals surface area contributed by atoms with Crippen LogP contribution in [0, 0.1) is 16.7 Å². The van der Waals surface area contributed by atoms with E-state index >= 15 is 0 Å². The Bertz CT molecular complexity index is 1480. The minimum atomic E-state index is -0.182. The average Bonchev–Trinajstić information content (AvgIpc) is 3.67. The van der Waals surface area contributed by atoms with Crippen molar-refractivity contribution in [2.45, 2.75) is 46.6 Å². The molecule has 1 aromatic carbocycles. The topological polar surface area (TPSA) is 71.3 Å². The van der Waals surface area contributed by atoms with Gasteiger partial charge < -0.3 is 8.83 Å². The van der Waals surface area contributed by atoms with Gasteiger partial charge in [-0.05, 0) is 78.8 Å². The first-order valence-electron chi connectivity index (χ1n) is 12.6. The summed E-state index contributed by atoms with van der Waals surface area (Å²) in [6.07, 6.45) is 6.62. The quantitative estimate of drug-likeness (QED) is 0.229. The van der Waals surface area contributed by atoms with Gasteiger partial charge in [0, 0.05) is 17.2 Å². The van der Waals surface area contributed by atoms with Gasteiger partial charge in [0.1, 0.15) is 17.3 Å². The highest BCUT2D eigenvalue weighted by molar-refractivity contribution is 8.18. The summed E-state index contributed by atoms with van der Waals surface area (Å²) in [4.78, 5) is 15.6. The molecule has 1 aliphatic heterocycles. The van der Waals surface area contributed by atoms with Crippen LogP contribution >= 0.6 is 35.0 Å². The molecule has 2 aromatic heterocycles. The smallest absolute Gasteiger partial charge is 0.267 e. The van der Waals surface area contributed by atoms with Gasteiger partial charge in [-0.1, -0.05) is 50.0 Å². The number of rotatable bonds is 5. The highest BCUT2D eigenvalue weighted by Gasteiger charge is 2.60. The standard InChI is InChI=1S/C29H27Cl2N3O3S/c1-28(2)17-11-12-29(28,3)24(14-17)32-33-27-34(16-19-6-5-13-36-19)26(35)23(38-27)15-18-9-10-22(37-18)25-20(30)7-4-8-21(25)31/h4-10,13,15,17H,11-12,14,16H2,1-3H3. The van der Waals surface area contributed by atoms with Gasteiger partial charge >= 0.3 is 0 Å². The molecule has 2 bridgehead atoms. The fourth-order valence-corrected chi connectivity index (χ4v) is 7.38. The molecule has 2 saturated carbocycles. The SMILES string of the molecule is CC12CCC(CC1=NN=C1SC(=Cc3ccc(-c4c(Cl)cccc4Cl)o3)C(=O)N1Cc1ccco1)C2(C)C. The number of thioether (sulfide) groups is 1. The number of amides is 1. The first kappa shape index (κ1) is 25.5. The first-order chi connectivity index (χ1) is 18.2. The van der Waals surface area contributed by atoms with Crippen molar-refractivity contribution in [3.05, 3.63) is 75.2 Å². The lowest BCUT2D eigenvalue weighted by Crippen LogP contribution is -2.32. The van der Waals surface area contributed by atoms with E-state index in [4.69, 9.17) is 37.1 Å². The number of carbonyl (C=O) groups is 1. The van der Waals surface area contributed by atoms with Gasteiger partial charge in [0.25, 0.3) is 5.91 Å². The van der Waals surface area contributed by atoms with Crippen molar-refractivity contribution in [3.8, 4) is 11.3 Å². The number of fused-ring (bicyclic) bond motifs is 2. The molecule has 38 heavy (non-hydrogen) atoms. The number of nitrogens with zero attached hydrogens (tertiary/aromatic N) is 3. The molecule has 6 nitrogen and oxygen atoms in total. The van der Waals surface area contributed by atoms with Crippen LogP contribution in [0.5, 0.6) is 0 Å². The summed E-state index contributed by atoms with van der Waals surface area (Å²) in [7, 11) is 0. The summed E-state index contributed by atoms with van der Waals surface area (Å²) in [6.45, 7) is 7.25. The third kappa shape index (κ3) is 4.16. The highest BCUT2D eigenvalue weighted by atomic mass is 35.5. The van der Waals surface area contributed by atoms with E-state index in [1.807, 2.05) is 6.07 Å². The molecule has 2 aliphatic carbocycles. The molecule has 2 unspecified atom stereocenters. The summed E-state index contributed by atoms with van der Waals surface area (Å²) in [5.74, 6) is 2.15. The highest BCUT2D eigenvalue weighted by Crippen LogP contribution is 2.64. The molecule has 0 radical (unpaired) electrons. The fraction of sp³-hybridized carbons (Fsp3) is 0.345. The molecule has 9 heteroatoms. The predicted octanol–water partition coefficient (Wildman–Crippen LogP) is 8.52. The number of hydrogen-bond acceptors (Lipinski definition) is 6. The number of hydrogen-bond donors (Lipinski definition) is 0. The van der Waals surface area contributed by atoms with Crippen LogP contribution in [0.25, 0.3) is 17.4 Å². The largest absolute Gasteiger partial charge is 0.467 e. The number of amidine groups is 1.